The van der Waals surface area contributed by atoms with Gasteiger partial charge in [-0.2, -0.15) is 26.3 Å². The zero-order valence-electron chi connectivity index (χ0n) is 19.6. The maximum Gasteiger partial charge on any atom is 0.416 e. The van der Waals surface area contributed by atoms with E-state index < -0.39 is 51.5 Å². The molecule has 2 nitrogen and oxygen atoms in total. The summed E-state index contributed by atoms with van der Waals surface area (Å²) in [6, 6.07) is 17.9. The molecular weight excluding hydrogens is 494 g/mol. The first-order valence-electron chi connectivity index (χ1n) is 11.3. The lowest BCUT2D eigenvalue weighted by atomic mass is 9.66. The van der Waals surface area contributed by atoms with E-state index in [0.29, 0.717) is 22.3 Å². The number of rotatable bonds is 2. The fourth-order valence-electron chi connectivity index (χ4n) is 5.58. The zero-order chi connectivity index (χ0) is 26.9. The average molecular weight is 514 g/mol. The van der Waals surface area contributed by atoms with E-state index in [1.807, 2.05) is 0 Å². The lowest BCUT2D eigenvalue weighted by Crippen LogP contribution is -2.30. The SMILES string of the molecule is Cc1c(C(F)(F)F)ccc(C2(c3ccc(C(F)(F)F)c(C)c3O)c3ccccc3-c3ccccc32)c1O. The summed E-state index contributed by atoms with van der Waals surface area (Å²) in [7, 11) is 0. The van der Waals surface area contributed by atoms with Crippen molar-refractivity contribution in [3.05, 3.63) is 117 Å². The van der Waals surface area contributed by atoms with Crippen molar-refractivity contribution in [3.63, 3.8) is 0 Å². The van der Waals surface area contributed by atoms with Crippen LogP contribution in [0.1, 0.15) is 44.5 Å². The van der Waals surface area contributed by atoms with Crippen LogP contribution in [0.15, 0.2) is 72.8 Å². The molecule has 5 rings (SSSR count). The summed E-state index contributed by atoms with van der Waals surface area (Å²) >= 11 is 0. The van der Waals surface area contributed by atoms with E-state index in [1.54, 1.807) is 48.5 Å². The van der Waals surface area contributed by atoms with Crippen molar-refractivity contribution >= 4 is 0 Å². The molecule has 8 heteroatoms. The van der Waals surface area contributed by atoms with Gasteiger partial charge in [0.15, 0.2) is 0 Å². The molecule has 0 aromatic heterocycles. The standard InChI is InChI=1S/C29H20F6O2/c1-15-19(28(30,31)32)11-13-23(25(15)36)27(24-14-12-20(29(33,34)35)16(2)26(24)37)21-9-5-3-7-17(21)18-8-4-6-10-22(18)27/h3-14,36-37H,1-2H3. The number of alkyl halides is 6. The molecule has 37 heavy (non-hydrogen) atoms. The predicted octanol–water partition coefficient (Wildman–Crippen LogP) is 8.12. The molecule has 0 atom stereocenters. The summed E-state index contributed by atoms with van der Waals surface area (Å²) in [6.07, 6.45) is -9.46. The van der Waals surface area contributed by atoms with E-state index >= 15 is 0 Å². The van der Waals surface area contributed by atoms with Crippen molar-refractivity contribution in [2.45, 2.75) is 31.6 Å². The molecule has 1 aliphatic carbocycles. The van der Waals surface area contributed by atoms with E-state index in [1.165, 1.54) is 0 Å². The molecule has 0 spiro atoms. The maximum absolute atomic E-state index is 13.6. The van der Waals surface area contributed by atoms with Crippen LogP contribution in [0, 0.1) is 13.8 Å². The highest BCUT2D eigenvalue weighted by Gasteiger charge is 2.50. The highest BCUT2D eigenvalue weighted by molar-refractivity contribution is 5.88. The van der Waals surface area contributed by atoms with Crippen LogP contribution in [0.2, 0.25) is 0 Å². The summed E-state index contributed by atoms with van der Waals surface area (Å²) < 4.78 is 81.9. The number of fused-ring (bicyclic) bond motifs is 3. The summed E-state index contributed by atoms with van der Waals surface area (Å²) in [5.41, 5.74) is -2.06. The Bertz CT molecular complexity index is 1430. The Hall–Kier alpha value is -3.94. The third-order valence-electron chi connectivity index (χ3n) is 7.23. The summed E-state index contributed by atoms with van der Waals surface area (Å²) in [5, 5.41) is 22.5. The average Bonchev–Trinajstić information content (AvgIpc) is 3.12. The molecule has 0 saturated heterocycles. The second-order valence-corrected chi connectivity index (χ2v) is 9.11. The van der Waals surface area contributed by atoms with Crippen molar-refractivity contribution < 1.29 is 36.6 Å². The Morgan fingerprint density at radius 2 is 0.865 bits per heavy atom. The van der Waals surface area contributed by atoms with Gasteiger partial charge in [0.2, 0.25) is 0 Å². The summed E-state index contributed by atoms with van der Waals surface area (Å²) in [6.45, 7) is 2.28. The minimum Gasteiger partial charge on any atom is -0.507 e. The quantitative estimate of drug-likeness (QED) is 0.234. The Kier molecular flexibility index (Phi) is 5.37. The molecule has 0 unspecified atom stereocenters. The fraction of sp³-hybridized carbons (Fsp3) is 0.172. The van der Waals surface area contributed by atoms with E-state index in [4.69, 9.17) is 0 Å². The van der Waals surface area contributed by atoms with Crippen molar-refractivity contribution in [1.29, 1.82) is 0 Å². The number of phenols is 2. The van der Waals surface area contributed by atoms with Gasteiger partial charge in [0, 0.05) is 22.3 Å². The van der Waals surface area contributed by atoms with Crippen LogP contribution in [-0.2, 0) is 17.8 Å². The van der Waals surface area contributed by atoms with Gasteiger partial charge in [-0.05, 0) is 48.2 Å². The highest BCUT2D eigenvalue weighted by Crippen LogP contribution is 2.60. The number of aromatic hydroxyl groups is 2. The third-order valence-corrected chi connectivity index (χ3v) is 7.23. The van der Waals surface area contributed by atoms with Crippen LogP contribution in [0.3, 0.4) is 0 Å². The second kappa shape index (κ2) is 8.03. The lowest BCUT2D eigenvalue weighted by molar-refractivity contribution is -0.139. The molecule has 0 radical (unpaired) electrons. The molecule has 4 aromatic rings. The molecule has 0 amide bonds. The third kappa shape index (κ3) is 3.42. The van der Waals surface area contributed by atoms with Crippen LogP contribution in [0.5, 0.6) is 11.5 Å². The monoisotopic (exact) mass is 514 g/mol. The Morgan fingerprint density at radius 3 is 1.22 bits per heavy atom. The van der Waals surface area contributed by atoms with E-state index in [9.17, 15) is 36.6 Å². The van der Waals surface area contributed by atoms with Crippen molar-refractivity contribution in [2.75, 3.05) is 0 Å². The minimum absolute atomic E-state index is 0.0184. The first-order chi connectivity index (χ1) is 17.3. The fourth-order valence-corrected chi connectivity index (χ4v) is 5.58. The lowest BCUT2D eigenvalue weighted by Gasteiger charge is -2.36. The first-order valence-corrected chi connectivity index (χ1v) is 11.3. The van der Waals surface area contributed by atoms with Crippen LogP contribution in [0.4, 0.5) is 26.3 Å². The van der Waals surface area contributed by atoms with Crippen LogP contribution >= 0.6 is 0 Å². The van der Waals surface area contributed by atoms with Gasteiger partial charge < -0.3 is 10.2 Å². The normalized spacial score (nSPS) is 14.4. The molecule has 4 aromatic carbocycles. The van der Waals surface area contributed by atoms with Crippen molar-refractivity contribution in [2.24, 2.45) is 0 Å². The van der Waals surface area contributed by atoms with Gasteiger partial charge in [-0.3, -0.25) is 0 Å². The van der Waals surface area contributed by atoms with Gasteiger partial charge in [-0.1, -0.05) is 60.7 Å². The van der Waals surface area contributed by atoms with Gasteiger partial charge in [-0.25, -0.2) is 0 Å². The Balaban J connectivity index is 1.97. The summed E-state index contributed by atoms with van der Waals surface area (Å²) in [5.74, 6) is -1.31. The molecule has 0 saturated carbocycles. The number of phenolic OH excluding ortho intramolecular Hbond substituents is 2. The number of hydrogen-bond acceptors (Lipinski definition) is 2. The van der Waals surface area contributed by atoms with E-state index in [0.717, 1.165) is 38.1 Å². The Morgan fingerprint density at radius 1 is 0.514 bits per heavy atom. The highest BCUT2D eigenvalue weighted by atomic mass is 19.4. The number of hydrogen-bond donors (Lipinski definition) is 2. The minimum atomic E-state index is -4.73. The molecule has 1 aliphatic rings. The van der Waals surface area contributed by atoms with Gasteiger partial charge in [0.05, 0.1) is 16.5 Å². The summed E-state index contributed by atoms with van der Waals surface area (Å²) in [4.78, 5) is 0. The van der Waals surface area contributed by atoms with Gasteiger partial charge in [-0.15, -0.1) is 0 Å². The Labute approximate surface area is 208 Å². The smallest absolute Gasteiger partial charge is 0.416 e. The first kappa shape index (κ1) is 24.7. The molecular formula is C29H20F6O2. The van der Waals surface area contributed by atoms with Crippen LogP contribution in [0.25, 0.3) is 11.1 Å². The molecule has 190 valence electrons. The molecule has 0 heterocycles. The van der Waals surface area contributed by atoms with Gasteiger partial charge >= 0.3 is 12.4 Å². The zero-order valence-corrected chi connectivity index (χ0v) is 19.6. The van der Waals surface area contributed by atoms with E-state index in [2.05, 4.69) is 0 Å². The second-order valence-electron chi connectivity index (χ2n) is 9.11. The molecule has 0 bridgehead atoms. The van der Waals surface area contributed by atoms with Crippen molar-refractivity contribution in [1.82, 2.24) is 0 Å². The maximum atomic E-state index is 13.6. The van der Waals surface area contributed by atoms with Gasteiger partial charge in [0.25, 0.3) is 0 Å². The largest absolute Gasteiger partial charge is 0.507 e. The predicted molar refractivity (Wildman–Crippen MR) is 127 cm³/mol. The number of halogens is 6. The topological polar surface area (TPSA) is 40.5 Å². The number of benzene rings is 4. The molecule has 2 N–H and O–H groups in total. The van der Waals surface area contributed by atoms with Crippen LogP contribution in [-0.4, -0.2) is 10.2 Å². The van der Waals surface area contributed by atoms with Gasteiger partial charge in [0.1, 0.15) is 11.5 Å². The molecule has 0 fully saturated rings. The van der Waals surface area contributed by atoms with Crippen molar-refractivity contribution in [3.8, 4) is 22.6 Å². The van der Waals surface area contributed by atoms with Crippen LogP contribution < -0.4 is 0 Å². The van der Waals surface area contributed by atoms with E-state index in [-0.39, 0.29) is 11.1 Å². The molecule has 0 aliphatic heterocycles.